The quantitative estimate of drug-likeness (QED) is 0.739. The molecule has 0 aromatic carbocycles. The van der Waals surface area contributed by atoms with Crippen molar-refractivity contribution in [2.45, 2.75) is 52.5 Å². The van der Waals surface area contributed by atoms with Crippen molar-refractivity contribution in [2.24, 2.45) is 11.8 Å². The number of halogens is 1. The van der Waals surface area contributed by atoms with Gasteiger partial charge in [0.25, 0.3) is 0 Å². The predicted molar refractivity (Wildman–Crippen MR) is 84.2 cm³/mol. The van der Waals surface area contributed by atoms with E-state index in [0.29, 0.717) is 0 Å². The standard InChI is InChI=1S/C15H24BrNS/c1-11-4-3-5-13(8-11)6-7-17-10-14-9-15(16)12(2)18-14/h9,11,13,17H,3-8,10H2,1-2H3. The third kappa shape index (κ3) is 4.36. The highest BCUT2D eigenvalue weighted by Gasteiger charge is 2.18. The van der Waals surface area contributed by atoms with E-state index in [4.69, 9.17) is 0 Å². The molecule has 1 fully saturated rings. The van der Waals surface area contributed by atoms with Crippen molar-refractivity contribution in [2.75, 3.05) is 6.54 Å². The molecular weight excluding hydrogens is 306 g/mol. The molecule has 0 amide bonds. The third-order valence-corrected chi connectivity index (χ3v) is 6.12. The molecule has 0 aliphatic heterocycles. The van der Waals surface area contributed by atoms with Gasteiger partial charge in [0.2, 0.25) is 0 Å². The average Bonchev–Trinajstić information content (AvgIpc) is 2.65. The van der Waals surface area contributed by atoms with Gasteiger partial charge in [-0.05, 0) is 60.1 Å². The molecule has 3 heteroatoms. The molecule has 2 atom stereocenters. The van der Waals surface area contributed by atoms with Crippen molar-refractivity contribution >= 4 is 27.3 Å². The van der Waals surface area contributed by atoms with Crippen LogP contribution in [0.3, 0.4) is 0 Å². The van der Waals surface area contributed by atoms with Gasteiger partial charge in [0, 0.05) is 20.8 Å². The van der Waals surface area contributed by atoms with E-state index in [0.717, 1.165) is 18.4 Å². The number of thiophene rings is 1. The van der Waals surface area contributed by atoms with E-state index in [9.17, 15) is 0 Å². The highest BCUT2D eigenvalue weighted by atomic mass is 79.9. The van der Waals surface area contributed by atoms with Crippen LogP contribution in [0.15, 0.2) is 10.5 Å². The summed E-state index contributed by atoms with van der Waals surface area (Å²) in [5.41, 5.74) is 0. The highest BCUT2D eigenvalue weighted by Crippen LogP contribution is 2.30. The zero-order valence-electron chi connectivity index (χ0n) is 11.5. The summed E-state index contributed by atoms with van der Waals surface area (Å²) < 4.78 is 1.26. The summed E-state index contributed by atoms with van der Waals surface area (Å²) in [6.07, 6.45) is 7.16. The van der Waals surface area contributed by atoms with Crippen molar-refractivity contribution in [3.63, 3.8) is 0 Å². The van der Waals surface area contributed by atoms with Crippen LogP contribution >= 0.6 is 27.3 Å². The fourth-order valence-electron chi connectivity index (χ4n) is 2.94. The van der Waals surface area contributed by atoms with Gasteiger partial charge in [-0.15, -0.1) is 11.3 Å². The maximum Gasteiger partial charge on any atom is 0.0314 e. The second-order valence-corrected chi connectivity index (χ2v) is 7.92. The van der Waals surface area contributed by atoms with Gasteiger partial charge in [-0.2, -0.15) is 0 Å². The Morgan fingerprint density at radius 2 is 2.28 bits per heavy atom. The number of rotatable bonds is 5. The van der Waals surface area contributed by atoms with Crippen LogP contribution in [0, 0.1) is 18.8 Å². The predicted octanol–water partition coefficient (Wildman–Crippen LogP) is 5.13. The van der Waals surface area contributed by atoms with E-state index >= 15 is 0 Å². The van der Waals surface area contributed by atoms with Crippen LogP contribution < -0.4 is 5.32 Å². The molecule has 1 nitrogen and oxygen atoms in total. The van der Waals surface area contributed by atoms with Crippen molar-refractivity contribution in [1.29, 1.82) is 0 Å². The van der Waals surface area contributed by atoms with E-state index < -0.39 is 0 Å². The van der Waals surface area contributed by atoms with E-state index in [1.165, 1.54) is 52.9 Å². The topological polar surface area (TPSA) is 12.0 Å². The lowest BCUT2D eigenvalue weighted by molar-refractivity contribution is 0.267. The van der Waals surface area contributed by atoms with E-state index in [1.54, 1.807) is 0 Å². The molecule has 1 aliphatic carbocycles. The Morgan fingerprint density at radius 3 is 2.94 bits per heavy atom. The molecule has 18 heavy (non-hydrogen) atoms. The molecule has 102 valence electrons. The Morgan fingerprint density at radius 1 is 1.44 bits per heavy atom. The Bertz CT molecular complexity index is 355. The Kier molecular flexibility index (Phi) is 5.71. The smallest absolute Gasteiger partial charge is 0.0314 e. The van der Waals surface area contributed by atoms with E-state index in [-0.39, 0.29) is 0 Å². The summed E-state index contributed by atoms with van der Waals surface area (Å²) in [7, 11) is 0. The van der Waals surface area contributed by atoms with Crippen LogP contribution in [0.25, 0.3) is 0 Å². The minimum atomic E-state index is 0.958. The average molecular weight is 330 g/mol. The largest absolute Gasteiger partial charge is 0.312 e. The molecular formula is C15H24BrNS. The monoisotopic (exact) mass is 329 g/mol. The van der Waals surface area contributed by atoms with E-state index in [1.807, 2.05) is 11.3 Å². The van der Waals surface area contributed by atoms with Gasteiger partial charge in [0.15, 0.2) is 0 Å². The molecule has 1 heterocycles. The van der Waals surface area contributed by atoms with Gasteiger partial charge in [-0.25, -0.2) is 0 Å². The molecule has 1 aromatic heterocycles. The lowest BCUT2D eigenvalue weighted by Gasteiger charge is -2.26. The van der Waals surface area contributed by atoms with Gasteiger partial charge in [-0.1, -0.05) is 26.2 Å². The minimum absolute atomic E-state index is 0.958. The first-order valence-electron chi connectivity index (χ1n) is 7.10. The lowest BCUT2D eigenvalue weighted by atomic mass is 9.81. The molecule has 1 saturated carbocycles. The van der Waals surface area contributed by atoms with Gasteiger partial charge in [-0.3, -0.25) is 0 Å². The Balaban J connectivity index is 1.63. The fourth-order valence-corrected chi connectivity index (χ4v) is 4.52. The summed E-state index contributed by atoms with van der Waals surface area (Å²) in [6.45, 7) is 6.78. The molecule has 0 bridgehead atoms. The Labute approximate surface area is 123 Å². The van der Waals surface area contributed by atoms with Gasteiger partial charge in [0.1, 0.15) is 0 Å². The molecule has 0 radical (unpaired) electrons. The van der Waals surface area contributed by atoms with Crippen molar-refractivity contribution in [3.8, 4) is 0 Å². The van der Waals surface area contributed by atoms with Crippen molar-refractivity contribution < 1.29 is 0 Å². The van der Waals surface area contributed by atoms with Crippen LogP contribution in [0.5, 0.6) is 0 Å². The molecule has 2 rings (SSSR count). The molecule has 0 saturated heterocycles. The number of aryl methyl sites for hydroxylation is 1. The van der Waals surface area contributed by atoms with Crippen LogP contribution in [-0.2, 0) is 6.54 Å². The maximum atomic E-state index is 3.59. The first-order valence-corrected chi connectivity index (χ1v) is 8.71. The first-order chi connectivity index (χ1) is 8.65. The maximum absolute atomic E-state index is 3.59. The zero-order chi connectivity index (χ0) is 13.0. The second kappa shape index (κ2) is 7.06. The summed E-state index contributed by atoms with van der Waals surface area (Å²) in [4.78, 5) is 2.82. The van der Waals surface area contributed by atoms with Crippen LogP contribution in [0.1, 0.15) is 48.8 Å². The third-order valence-electron chi connectivity index (χ3n) is 3.98. The molecule has 1 N–H and O–H groups in total. The van der Waals surface area contributed by atoms with Gasteiger partial charge in [0.05, 0.1) is 0 Å². The lowest BCUT2D eigenvalue weighted by Crippen LogP contribution is -2.20. The van der Waals surface area contributed by atoms with E-state index in [2.05, 4.69) is 41.2 Å². The second-order valence-electron chi connectivity index (χ2n) is 5.72. The molecule has 1 aromatic rings. The number of hydrogen-bond acceptors (Lipinski definition) is 2. The summed E-state index contributed by atoms with van der Waals surface area (Å²) >= 11 is 5.47. The normalized spacial score (nSPS) is 24.4. The first kappa shape index (κ1) is 14.5. The SMILES string of the molecule is Cc1sc(CNCCC2CCCC(C)C2)cc1Br. The van der Waals surface area contributed by atoms with Crippen LogP contribution in [0.2, 0.25) is 0 Å². The van der Waals surface area contributed by atoms with Crippen LogP contribution in [0.4, 0.5) is 0 Å². The van der Waals surface area contributed by atoms with Crippen LogP contribution in [-0.4, -0.2) is 6.54 Å². The fraction of sp³-hybridized carbons (Fsp3) is 0.733. The highest BCUT2D eigenvalue weighted by molar-refractivity contribution is 9.10. The van der Waals surface area contributed by atoms with Gasteiger partial charge < -0.3 is 5.32 Å². The zero-order valence-corrected chi connectivity index (χ0v) is 13.9. The molecule has 0 spiro atoms. The van der Waals surface area contributed by atoms with Crippen molar-refractivity contribution in [3.05, 3.63) is 20.3 Å². The van der Waals surface area contributed by atoms with Crippen molar-refractivity contribution in [1.82, 2.24) is 5.32 Å². The minimum Gasteiger partial charge on any atom is -0.312 e. The molecule has 2 unspecified atom stereocenters. The Hall–Kier alpha value is 0.140. The molecule has 1 aliphatic rings. The number of hydrogen-bond donors (Lipinski definition) is 1. The summed E-state index contributed by atoms with van der Waals surface area (Å²) in [5, 5.41) is 3.59. The van der Waals surface area contributed by atoms with Gasteiger partial charge >= 0.3 is 0 Å². The summed E-state index contributed by atoms with van der Waals surface area (Å²) in [6, 6.07) is 2.25. The number of nitrogens with one attached hydrogen (secondary N) is 1. The summed E-state index contributed by atoms with van der Waals surface area (Å²) in [5.74, 6) is 1.93.